The second kappa shape index (κ2) is 3.13. The molecule has 0 heterocycles. The second-order valence-corrected chi connectivity index (χ2v) is 3.65. The van der Waals surface area contributed by atoms with E-state index < -0.39 is 21.8 Å². The van der Waals surface area contributed by atoms with Gasteiger partial charge in [0.05, 0.1) is 0 Å². The van der Waals surface area contributed by atoms with Crippen molar-refractivity contribution in [2.45, 2.75) is 9.87 Å². The Labute approximate surface area is 77.6 Å². The predicted molar refractivity (Wildman–Crippen MR) is 43.1 cm³/mol. The van der Waals surface area contributed by atoms with Crippen LogP contribution in [-0.2, 0) is 9.59 Å². The second-order valence-electron chi connectivity index (χ2n) is 1.95. The molecule has 0 aliphatic rings. The molecule has 0 aromatic rings. The van der Waals surface area contributed by atoms with Gasteiger partial charge in [0.2, 0.25) is 4.08 Å². The van der Waals surface area contributed by atoms with Crippen LogP contribution >= 0.6 is 25.3 Å². The molecule has 4 N–H and O–H groups in total. The fraction of sp³-hybridized carbons (Fsp3) is 0.500. The van der Waals surface area contributed by atoms with Gasteiger partial charge in [-0.05, 0) is 0 Å². The lowest BCUT2D eigenvalue weighted by molar-refractivity contribution is -0.209. The Morgan fingerprint density at radius 2 is 1.33 bits per heavy atom. The third kappa shape index (κ3) is 1.66. The summed E-state index contributed by atoms with van der Waals surface area (Å²) >= 11 is 6.37. The molecule has 8 heteroatoms. The van der Waals surface area contributed by atoms with Crippen LogP contribution in [0.2, 0.25) is 0 Å². The summed E-state index contributed by atoms with van der Waals surface area (Å²) in [5, 5.41) is 33.9. The summed E-state index contributed by atoms with van der Waals surface area (Å²) in [6.07, 6.45) is 0. The average molecular weight is 214 g/mol. The van der Waals surface area contributed by atoms with Crippen LogP contribution in [0.4, 0.5) is 0 Å². The van der Waals surface area contributed by atoms with Crippen molar-refractivity contribution in [3.8, 4) is 0 Å². The molecule has 0 saturated heterocycles. The van der Waals surface area contributed by atoms with Crippen LogP contribution in [-0.4, -0.2) is 42.2 Å². The van der Waals surface area contributed by atoms with Gasteiger partial charge in [-0.15, -0.1) is 25.3 Å². The van der Waals surface area contributed by atoms with E-state index in [4.69, 9.17) is 20.4 Å². The van der Waals surface area contributed by atoms with Crippen molar-refractivity contribution in [3.63, 3.8) is 0 Å². The number of thiol groups is 2. The van der Waals surface area contributed by atoms with Gasteiger partial charge >= 0.3 is 11.9 Å². The number of rotatable bonds is 3. The Hall–Kier alpha value is -0.440. The number of carboxylic acids is 2. The Kier molecular flexibility index (Phi) is 3.02. The summed E-state index contributed by atoms with van der Waals surface area (Å²) < 4.78 is -2.77. The summed E-state index contributed by atoms with van der Waals surface area (Å²) in [6.45, 7) is 0. The van der Waals surface area contributed by atoms with Crippen molar-refractivity contribution in [2.75, 3.05) is 0 Å². The third-order valence-corrected chi connectivity index (χ3v) is 2.09. The molecule has 0 aliphatic carbocycles. The minimum absolute atomic E-state index is 1.87. The molecule has 12 heavy (non-hydrogen) atoms. The van der Waals surface area contributed by atoms with Gasteiger partial charge in [0, 0.05) is 0 Å². The maximum absolute atomic E-state index is 10.2. The van der Waals surface area contributed by atoms with E-state index in [0.29, 0.717) is 0 Å². The highest BCUT2D eigenvalue weighted by Gasteiger charge is 2.56. The first-order chi connectivity index (χ1) is 5.14. The number of hydrogen-bond donors (Lipinski definition) is 6. The van der Waals surface area contributed by atoms with Gasteiger partial charge in [-0.25, -0.2) is 9.59 Å². The van der Waals surface area contributed by atoms with E-state index in [1.54, 1.807) is 0 Å². The lowest BCUT2D eigenvalue weighted by Gasteiger charge is -2.28. The third-order valence-electron chi connectivity index (χ3n) is 1.08. The van der Waals surface area contributed by atoms with Crippen LogP contribution in [0.5, 0.6) is 0 Å². The average Bonchev–Trinajstić information content (AvgIpc) is 1.86. The molecule has 0 unspecified atom stereocenters. The monoisotopic (exact) mass is 214 g/mol. The maximum Gasteiger partial charge on any atom is 0.367 e. The lowest BCUT2D eigenvalue weighted by atomic mass is 10.2. The fourth-order valence-electron chi connectivity index (χ4n) is 0.298. The van der Waals surface area contributed by atoms with E-state index in [2.05, 4.69) is 25.3 Å². The van der Waals surface area contributed by atoms with Crippen LogP contribution in [0.15, 0.2) is 0 Å². The molecule has 6 nitrogen and oxygen atoms in total. The van der Waals surface area contributed by atoms with Gasteiger partial charge in [-0.1, -0.05) is 0 Å². The Morgan fingerprint density at radius 3 is 1.42 bits per heavy atom. The molecule has 0 aromatic carbocycles. The standard InChI is InChI=1S/C4H6O6S2/c5-1(6)3(9,10)4(11,12)2(7)8/h9-12H,(H,5,6)(H,7,8). The number of hydrogen-bond acceptors (Lipinski definition) is 6. The summed E-state index contributed by atoms with van der Waals surface area (Å²) in [5.74, 6) is -7.55. The molecule has 70 valence electrons. The van der Waals surface area contributed by atoms with E-state index in [0.717, 1.165) is 0 Å². The molecule has 0 bridgehead atoms. The predicted octanol–water partition coefficient (Wildman–Crippen LogP) is -1.61. The summed E-state index contributed by atoms with van der Waals surface area (Å²) in [6, 6.07) is 0. The molecule has 0 atom stereocenters. The fourth-order valence-corrected chi connectivity index (χ4v) is 0.490. The van der Waals surface area contributed by atoms with Crippen molar-refractivity contribution in [2.24, 2.45) is 0 Å². The van der Waals surface area contributed by atoms with E-state index in [1.807, 2.05) is 0 Å². The van der Waals surface area contributed by atoms with Crippen LogP contribution in [0.1, 0.15) is 0 Å². The van der Waals surface area contributed by atoms with Crippen molar-refractivity contribution in [3.05, 3.63) is 0 Å². The molecule has 0 amide bonds. The first-order valence-electron chi connectivity index (χ1n) is 2.50. The number of carboxylic acid groups (broad SMARTS) is 2. The maximum atomic E-state index is 10.2. The SMILES string of the molecule is O=C(O)C(O)(O)C(S)(S)C(=O)O. The van der Waals surface area contributed by atoms with Gasteiger partial charge in [0.15, 0.2) is 0 Å². The number of carbonyl (C=O) groups is 2. The van der Waals surface area contributed by atoms with Crippen molar-refractivity contribution >= 4 is 37.2 Å². The molecule has 0 radical (unpaired) electrons. The lowest BCUT2D eigenvalue weighted by Crippen LogP contribution is -2.57. The highest BCUT2D eigenvalue weighted by atomic mass is 32.2. The van der Waals surface area contributed by atoms with E-state index in [1.165, 1.54) is 0 Å². The van der Waals surface area contributed by atoms with Gasteiger partial charge < -0.3 is 20.4 Å². The van der Waals surface area contributed by atoms with Crippen LogP contribution in [0.25, 0.3) is 0 Å². The zero-order valence-electron chi connectivity index (χ0n) is 5.50. The van der Waals surface area contributed by atoms with Crippen LogP contribution in [0, 0.1) is 0 Å². The summed E-state index contributed by atoms with van der Waals surface area (Å²) in [4.78, 5) is 20.3. The Morgan fingerprint density at radius 1 is 1.00 bits per heavy atom. The van der Waals surface area contributed by atoms with Crippen LogP contribution < -0.4 is 0 Å². The van der Waals surface area contributed by atoms with E-state index in [9.17, 15) is 9.59 Å². The van der Waals surface area contributed by atoms with Gasteiger partial charge in [0.25, 0.3) is 5.79 Å². The molecular weight excluding hydrogens is 208 g/mol. The highest BCUT2D eigenvalue weighted by Crippen LogP contribution is 2.31. The normalized spacial score (nSPS) is 12.7. The first-order valence-corrected chi connectivity index (χ1v) is 3.39. The van der Waals surface area contributed by atoms with Gasteiger partial charge in [-0.2, -0.15) is 0 Å². The summed E-state index contributed by atoms with van der Waals surface area (Å²) in [7, 11) is 0. The highest BCUT2D eigenvalue weighted by molar-refractivity contribution is 8.02. The molecule has 0 aromatic heterocycles. The number of aliphatic hydroxyl groups is 2. The molecule has 0 rings (SSSR count). The smallest absolute Gasteiger partial charge is 0.367 e. The quantitative estimate of drug-likeness (QED) is 0.249. The zero-order chi connectivity index (χ0) is 10.2. The Balaban J connectivity index is 5.01. The Bertz CT molecular complexity index is 198. The van der Waals surface area contributed by atoms with E-state index >= 15 is 0 Å². The molecule has 0 saturated carbocycles. The largest absolute Gasteiger partial charge is 0.479 e. The van der Waals surface area contributed by atoms with Crippen molar-refractivity contribution in [1.29, 1.82) is 0 Å². The molecule has 0 fully saturated rings. The zero-order valence-corrected chi connectivity index (χ0v) is 7.29. The minimum Gasteiger partial charge on any atom is -0.479 e. The van der Waals surface area contributed by atoms with Crippen LogP contribution in [0.3, 0.4) is 0 Å². The van der Waals surface area contributed by atoms with Gasteiger partial charge in [-0.3, -0.25) is 0 Å². The molecular formula is C4H6O6S2. The molecule has 0 spiro atoms. The first kappa shape index (κ1) is 11.6. The molecule has 0 aliphatic heterocycles. The topological polar surface area (TPSA) is 115 Å². The van der Waals surface area contributed by atoms with E-state index in [-0.39, 0.29) is 0 Å². The summed E-state index contributed by atoms with van der Waals surface area (Å²) in [5.41, 5.74) is 0. The van der Waals surface area contributed by atoms with Crippen molar-refractivity contribution in [1.82, 2.24) is 0 Å². The van der Waals surface area contributed by atoms with Gasteiger partial charge in [0.1, 0.15) is 0 Å². The van der Waals surface area contributed by atoms with Crippen molar-refractivity contribution < 1.29 is 30.0 Å². The number of aliphatic carboxylic acids is 2. The minimum atomic E-state index is -3.54.